The van der Waals surface area contributed by atoms with Crippen LogP contribution < -0.4 is 11.1 Å². The molecule has 3 N–H and O–H groups in total. The van der Waals surface area contributed by atoms with Gasteiger partial charge in [-0.05, 0) is 31.0 Å². The second-order valence-corrected chi connectivity index (χ2v) is 7.52. The molecule has 8 nitrogen and oxygen atoms in total. The fraction of sp³-hybridized carbons (Fsp3) is 0.333. The number of carbonyl (C=O) groups is 1. The summed E-state index contributed by atoms with van der Waals surface area (Å²) >= 11 is 3.47. The average Bonchev–Trinajstić information content (AvgIpc) is 3.12. The Hall–Kier alpha value is -2.52. The second kappa shape index (κ2) is 7.24. The van der Waals surface area contributed by atoms with E-state index in [2.05, 4.69) is 36.3 Å². The molecule has 9 heteroatoms. The number of anilines is 1. The van der Waals surface area contributed by atoms with Crippen molar-refractivity contribution in [2.24, 2.45) is 11.1 Å². The average molecular weight is 431 g/mol. The number of nitrogens with one attached hydrogen (secondary N) is 1. The number of primary amides is 1. The Morgan fingerprint density at radius 1 is 1.33 bits per heavy atom. The van der Waals surface area contributed by atoms with E-state index in [0.717, 1.165) is 15.5 Å². The highest BCUT2D eigenvalue weighted by atomic mass is 79.9. The number of carbonyl (C=O) groups excluding carboxylic acids is 1. The predicted octanol–water partition coefficient (Wildman–Crippen LogP) is 2.27. The first-order chi connectivity index (χ1) is 13.1. The highest BCUT2D eigenvalue weighted by Gasteiger charge is 2.38. The summed E-state index contributed by atoms with van der Waals surface area (Å²) in [6.07, 6.45) is 4.41. The van der Waals surface area contributed by atoms with Gasteiger partial charge in [-0.1, -0.05) is 22.0 Å². The number of hydrogen-bond acceptors (Lipinski definition) is 6. The summed E-state index contributed by atoms with van der Waals surface area (Å²) in [5.41, 5.74) is 6.63. The zero-order valence-electron chi connectivity index (χ0n) is 14.6. The Morgan fingerprint density at radius 2 is 2.15 bits per heavy atom. The first kappa shape index (κ1) is 17.9. The van der Waals surface area contributed by atoms with Gasteiger partial charge in [0.25, 0.3) is 0 Å². The first-order valence-electron chi connectivity index (χ1n) is 8.65. The molecule has 3 aromatic rings. The molecule has 0 bridgehead atoms. The largest absolute Gasteiger partial charge is 0.381 e. The molecule has 0 radical (unpaired) electrons. The van der Waals surface area contributed by atoms with Crippen LogP contribution in [0.5, 0.6) is 0 Å². The van der Waals surface area contributed by atoms with Crippen LogP contribution >= 0.6 is 15.9 Å². The smallest absolute Gasteiger partial charge is 0.225 e. The molecule has 1 fully saturated rings. The lowest BCUT2D eigenvalue weighted by Gasteiger charge is -2.34. The number of aromatic nitrogens is 4. The third kappa shape index (κ3) is 3.40. The topological polar surface area (TPSA) is 108 Å². The Balaban J connectivity index is 1.64. The van der Waals surface area contributed by atoms with E-state index in [9.17, 15) is 4.79 Å². The number of ether oxygens (including phenoxy) is 1. The van der Waals surface area contributed by atoms with E-state index >= 15 is 0 Å². The molecule has 27 heavy (non-hydrogen) atoms. The normalized spacial score (nSPS) is 16.3. The van der Waals surface area contributed by atoms with Gasteiger partial charge in [0.1, 0.15) is 12.1 Å². The molecule has 140 valence electrons. The van der Waals surface area contributed by atoms with Crippen molar-refractivity contribution in [2.75, 3.05) is 25.1 Å². The van der Waals surface area contributed by atoms with Crippen LogP contribution in [0.25, 0.3) is 16.7 Å². The van der Waals surface area contributed by atoms with Gasteiger partial charge in [0.15, 0.2) is 5.65 Å². The van der Waals surface area contributed by atoms with Gasteiger partial charge in [-0.2, -0.15) is 5.10 Å². The molecule has 0 saturated carbocycles. The Labute approximate surface area is 164 Å². The Bertz CT molecular complexity index is 983. The summed E-state index contributed by atoms with van der Waals surface area (Å²) in [7, 11) is 0. The van der Waals surface area contributed by atoms with Gasteiger partial charge in [-0.25, -0.2) is 14.6 Å². The zero-order chi connectivity index (χ0) is 18.9. The number of rotatable bonds is 5. The molecular weight excluding hydrogens is 412 g/mol. The minimum Gasteiger partial charge on any atom is -0.381 e. The number of halogens is 1. The zero-order valence-corrected chi connectivity index (χ0v) is 16.1. The molecule has 1 saturated heterocycles. The van der Waals surface area contributed by atoms with Crippen molar-refractivity contribution < 1.29 is 9.53 Å². The van der Waals surface area contributed by atoms with Crippen molar-refractivity contribution in [3.63, 3.8) is 0 Å². The predicted molar refractivity (Wildman–Crippen MR) is 105 cm³/mol. The van der Waals surface area contributed by atoms with Crippen LogP contribution in [0.4, 0.5) is 5.82 Å². The summed E-state index contributed by atoms with van der Waals surface area (Å²) < 4.78 is 8.09. The van der Waals surface area contributed by atoms with Crippen LogP contribution in [-0.4, -0.2) is 45.4 Å². The maximum atomic E-state index is 12.1. The van der Waals surface area contributed by atoms with Crippen molar-refractivity contribution in [3.05, 3.63) is 41.3 Å². The highest BCUT2D eigenvalue weighted by molar-refractivity contribution is 9.10. The second-order valence-electron chi connectivity index (χ2n) is 6.61. The third-order valence-electron chi connectivity index (χ3n) is 4.99. The lowest BCUT2D eigenvalue weighted by molar-refractivity contribution is -0.132. The number of nitrogens with two attached hydrogens (primary N) is 1. The van der Waals surface area contributed by atoms with E-state index in [1.807, 2.05) is 24.3 Å². The van der Waals surface area contributed by atoms with Gasteiger partial charge >= 0.3 is 0 Å². The maximum Gasteiger partial charge on any atom is 0.225 e. The minimum atomic E-state index is -0.629. The molecule has 3 heterocycles. The van der Waals surface area contributed by atoms with Crippen molar-refractivity contribution in [1.82, 2.24) is 19.7 Å². The summed E-state index contributed by atoms with van der Waals surface area (Å²) in [6, 6.07) is 7.81. The van der Waals surface area contributed by atoms with Crippen LogP contribution in [0.3, 0.4) is 0 Å². The fourth-order valence-corrected chi connectivity index (χ4v) is 3.69. The van der Waals surface area contributed by atoms with E-state index in [0.29, 0.717) is 44.1 Å². The summed E-state index contributed by atoms with van der Waals surface area (Å²) in [6.45, 7) is 1.47. The molecule has 2 aromatic heterocycles. The summed E-state index contributed by atoms with van der Waals surface area (Å²) in [5, 5.41) is 8.52. The number of fused-ring (bicyclic) bond motifs is 1. The van der Waals surface area contributed by atoms with Crippen molar-refractivity contribution in [2.45, 2.75) is 12.8 Å². The van der Waals surface area contributed by atoms with E-state index < -0.39 is 5.41 Å². The van der Waals surface area contributed by atoms with Crippen LogP contribution in [0.15, 0.2) is 41.3 Å². The molecule has 1 amide bonds. The lowest BCUT2D eigenvalue weighted by atomic mass is 9.79. The number of hydrogen-bond donors (Lipinski definition) is 2. The SMILES string of the molecule is NC(=O)C1(CNc2ncnc3c2cnn3-c2cccc(Br)c2)CCOCC1. The van der Waals surface area contributed by atoms with Crippen LogP contribution in [0, 0.1) is 5.41 Å². The van der Waals surface area contributed by atoms with E-state index in [4.69, 9.17) is 10.5 Å². The van der Waals surface area contributed by atoms with Crippen LogP contribution in [0.2, 0.25) is 0 Å². The van der Waals surface area contributed by atoms with Crippen LogP contribution in [-0.2, 0) is 9.53 Å². The Morgan fingerprint density at radius 3 is 2.89 bits per heavy atom. The van der Waals surface area contributed by atoms with E-state index in [1.165, 1.54) is 6.33 Å². The monoisotopic (exact) mass is 430 g/mol. The fourth-order valence-electron chi connectivity index (χ4n) is 3.31. The molecule has 1 aliphatic heterocycles. The quantitative estimate of drug-likeness (QED) is 0.642. The molecule has 4 rings (SSSR count). The summed E-state index contributed by atoms with van der Waals surface area (Å²) in [5.74, 6) is 0.321. The van der Waals surface area contributed by atoms with E-state index in [-0.39, 0.29) is 5.91 Å². The minimum absolute atomic E-state index is 0.312. The van der Waals surface area contributed by atoms with Gasteiger partial charge in [0.2, 0.25) is 5.91 Å². The standard InChI is InChI=1S/C18H19BrN6O2/c19-12-2-1-3-13(8-12)25-16-14(9-24-25)15(22-11-23-16)21-10-18(17(20)26)4-6-27-7-5-18/h1-3,8-9,11H,4-7,10H2,(H2,20,26)(H,21,22,23). The molecule has 0 atom stereocenters. The third-order valence-corrected chi connectivity index (χ3v) is 5.48. The molecule has 0 aliphatic carbocycles. The van der Waals surface area contributed by atoms with Gasteiger partial charge < -0.3 is 15.8 Å². The van der Waals surface area contributed by atoms with Crippen LogP contribution in [0.1, 0.15) is 12.8 Å². The van der Waals surface area contributed by atoms with Crippen molar-refractivity contribution in [1.29, 1.82) is 0 Å². The van der Waals surface area contributed by atoms with E-state index in [1.54, 1.807) is 10.9 Å². The molecule has 0 unspecified atom stereocenters. The molecule has 0 spiro atoms. The van der Waals surface area contributed by atoms with Gasteiger partial charge in [0, 0.05) is 24.2 Å². The van der Waals surface area contributed by atoms with Gasteiger partial charge in [0.05, 0.1) is 22.7 Å². The van der Waals surface area contributed by atoms with Gasteiger partial charge in [-0.15, -0.1) is 0 Å². The molecule has 1 aromatic carbocycles. The number of amides is 1. The molecule has 1 aliphatic rings. The first-order valence-corrected chi connectivity index (χ1v) is 9.45. The van der Waals surface area contributed by atoms with Crippen molar-refractivity contribution in [3.8, 4) is 5.69 Å². The number of nitrogens with zero attached hydrogens (tertiary/aromatic N) is 4. The lowest BCUT2D eigenvalue weighted by Crippen LogP contribution is -2.46. The highest BCUT2D eigenvalue weighted by Crippen LogP contribution is 2.31. The Kier molecular flexibility index (Phi) is 4.79. The number of benzene rings is 1. The summed E-state index contributed by atoms with van der Waals surface area (Å²) in [4.78, 5) is 20.8. The molecular formula is C18H19BrN6O2. The maximum absolute atomic E-state index is 12.1. The van der Waals surface area contributed by atoms with Gasteiger partial charge in [-0.3, -0.25) is 4.79 Å². The van der Waals surface area contributed by atoms with Crippen molar-refractivity contribution >= 4 is 38.7 Å².